The highest BCUT2D eigenvalue weighted by atomic mass is 79.9. The summed E-state index contributed by atoms with van der Waals surface area (Å²) < 4.78 is 14.2. The number of nitrogens with zero attached hydrogens (tertiary/aromatic N) is 2. The molecule has 6 nitrogen and oxygen atoms in total. The standard InChI is InChI=1S/C28H28BrClN2O.C11H16O3/c1-6-7-18(3)20-8-10-26-25(14-20)31-28(22-15-21(29)9-11-27(22)33-5)32(26)16-23-19(4)12-17(2)13-24(23)30;1-9(11(12)13)7-14-8-10-5-3-2-4-6-10/h7-15H,6,16H2,1-5H3;2-3,5,9H,4,6-8H2,1H3,(H,12,13)/b18-7+;. The van der Waals surface area contributed by atoms with E-state index in [9.17, 15) is 4.79 Å². The molecule has 1 aliphatic rings. The normalized spacial score (nSPS) is 13.6. The molecular formula is C39H44BrClN2O4. The quantitative estimate of drug-likeness (QED) is 0.167. The third-order valence-electron chi connectivity index (χ3n) is 8.17. The SMILES string of the molecule is CC(COCC1=CC=CCC1)C(=O)O.CC/C=C(\C)c1ccc2c(c1)nc(-c1cc(Br)ccc1OC)n2Cc1c(C)cc(C)cc1Cl. The van der Waals surface area contributed by atoms with Crippen LogP contribution in [0.1, 0.15) is 62.3 Å². The monoisotopic (exact) mass is 718 g/mol. The van der Waals surface area contributed by atoms with Crippen LogP contribution in [0.3, 0.4) is 0 Å². The number of hydrogen-bond acceptors (Lipinski definition) is 4. The van der Waals surface area contributed by atoms with E-state index in [1.165, 1.54) is 22.3 Å². The summed E-state index contributed by atoms with van der Waals surface area (Å²) in [6, 6.07) is 16.7. The first-order chi connectivity index (χ1) is 22.5. The molecule has 1 aliphatic carbocycles. The Balaban J connectivity index is 0.000000300. The van der Waals surface area contributed by atoms with Crippen molar-refractivity contribution < 1.29 is 19.4 Å². The van der Waals surface area contributed by atoms with Gasteiger partial charge in [0, 0.05) is 9.50 Å². The number of fused-ring (bicyclic) bond motifs is 1. The first-order valence-corrected chi connectivity index (χ1v) is 17.1. The Morgan fingerprint density at radius 3 is 2.62 bits per heavy atom. The number of imidazole rings is 1. The molecule has 8 heteroatoms. The fourth-order valence-electron chi connectivity index (χ4n) is 5.53. The molecule has 0 spiro atoms. The predicted molar refractivity (Wildman–Crippen MR) is 197 cm³/mol. The zero-order chi connectivity index (χ0) is 34.1. The number of hydrogen-bond donors (Lipinski definition) is 1. The van der Waals surface area contributed by atoms with Crippen LogP contribution >= 0.6 is 27.5 Å². The highest BCUT2D eigenvalue weighted by Gasteiger charge is 2.19. The van der Waals surface area contributed by atoms with Gasteiger partial charge in [-0.3, -0.25) is 4.79 Å². The molecule has 0 saturated heterocycles. The van der Waals surface area contributed by atoms with Crippen LogP contribution in [0.25, 0.3) is 28.0 Å². The van der Waals surface area contributed by atoms with Gasteiger partial charge in [0.05, 0.1) is 49.4 Å². The maximum Gasteiger partial charge on any atom is 0.308 e. The molecular weight excluding hydrogens is 676 g/mol. The van der Waals surface area contributed by atoms with Crippen molar-refractivity contribution in [2.45, 2.75) is 60.4 Å². The van der Waals surface area contributed by atoms with Crippen LogP contribution < -0.4 is 4.74 Å². The number of aliphatic carboxylic acids is 1. The molecule has 0 aliphatic heterocycles. The Bertz CT molecular complexity index is 1800. The van der Waals surface area contributed by atoms with E-state index >= 15 is 0 Å². The zero-order valence-electron chi connectivity index (χ0n) is 28.1. The number of rotatable bonds is 11. The van der Waals surface area contributed by atoms with Crippen molar-refractivity contribution in [2.75, 3.05) is 20.3 Å². The summed E-state index contributed by atoms with van der Waals surface area (Å²) in [6.45, 7) is 11.6. The molecule has 0 bridgehead atoms. The number of carboxylic acid groups (broad SMARTS) is 1. The molecule has 47 heavy (non-hydrogen) atoms. The third-order valence-corrected chi connectivity index (χ3v) is 9.00. The molecule has 5 rings (SSSR count). The van der Waals surface area contributed by atoms with E-state index < -0.39 is 11.9 Å². The summed E-state index contributed by atoms with van der Waals surface area (Å²) in [6.07, 6.45) is 11.5. The molecule has 4 aromatic rings. The maximum atomic E-state index is 10.5. The number of carboxylic acids is 1. The minimum Gasteiger partial charge on any atom is -0.496 e. The van der Waals surface area contributed by atoms with Crippen molar-refractivity contribution >= 4 is 50.1 Å². The lowest BCUT2D eigenvalue weighted by molar-refractivity contribution is -0.143. The fourth-order valence-corrected chi connectivity index (χ4v) is 6.28. The van der Waals surface area contributed by atoms with Gasteiger partial charge in [-0.25, -0.2) is 4.98 Å². The molecule has 0 saturated carbocycles. The third kappa shape index (κ3) is 9.47. The Morgan fingerprint density at radius 1 is 1.17 bits per heavy atom. The van der Waals surface area contributed by atoms with Gasteiger partial charge >= 0.3 is 5.97 Å². The van der Waals surface area contributed by atoms with Crippen molar-refractivity contribution in [2.24, 2.45) is 5.92 Å². The van der Waals surface area contributed by atoms with Gasteiger partial charge in [-0.15, -0.1) is 0 Å². The van der Waals surface area contributed by atoms with Crippen LogP contribution in [-0.2, 0) is 16.1 Å². The number of halogens is 2. The molecule has 1 aromatic heterocycles. The van der Waals surface area contributed by atoms with Gasteiger partial charge in [0.15, 0.2) is 0 Å². The number of aromatic nitrogens is 2. The molecule has 248 valence electrons. The van der Waals surface area contributed by atoms with Crippen LogP contribution in [-0.4, -0.2) is 41.0 Å². The van der Waals surface area contributed by atoms with Crippen LogP contribution in [0.5, 0.6) is 5.75 Å². The van der Waals surface area contributed by atoms with Gasteiger partial charge in [0.1, 0.15) is 11.6 Å². The van der Waals surface area contributed by atoms with Crippen molar-refractivity contribution in [3.05, 3.63) is 110 Å². The average molecular weight is 720 g/mol. The molecule has 1 N–H and O–H groups in total. The highest BCUT2D eigenvalue weighted by molar-refractivity contribution is 9.10. The molecule has 3 aromatic carbocycles. The number of benzene rings is 3. The molecule has 0 radical (unpaired) electrons. The lowest BCUT2D eigenvalue weighted by Gasteiger charge is -2.16. The lowest BCUT2D eigenvalue weighted by Crippen LogP contribution is -2.17. The van der Waals surface area contributed by atoms with Crippen LogP contribution in [0.15, 0.2) is 82.9 Å². The van der Waals surface area contributed by atoms with Crippen molar-refractivity contribution in [1.82, 2.24) is 9.55 Å². The number of carbonyl (C=O) groups is 1. The molecule has 1 atom stereocenters. The van der Waals surface area contributed by atoms with Crippen molar-refractivity contribution in [1.29, 1.82) is 0 Å². The molecule has 0 amide bonds. The van der Waals surface area contributed by atoms with E-state index in [1.54, 1.807) is 14.0 Å². The van der Waals surface area contributed by atoms with Crippen LogP contribution in [0, 0.1) is 19.8 Å². The molecule has 1 heterocycles. The Morgan fingerprint density at radius 2 is 1.96 bits per heavy atom. The van der Waals surface area contributed by atoms with Gasteiger partial charge in [-0.1, -0.05) is 70.9 Å². The fraction of sp³-hybridized carbons (Fsp3) is 0.333. The Labute approximate surface area is 291 Å². The summed E-state index contributed by atoms with van der Waals surface area (Å²) >= 11 is 10.3. The summed E-state index contributed by atoms with van der Waals surface area (Å²) in [5.41, 5.74) is 10.1. The zero-order valence-corrected chi connectivity index (χ0v) is 30.4. The van der Waals surface area contributed by atoms with Crippen LogP contribution in [0.4, 0.5) is 0 Å². The van der Waals surface area contributed by atoms with Gasteiger partial charge in [-0.05, 0) is 117 Å². The summed E-state index contributed by atoms with van der Waals surface area (Å²) in [7, 11) is 1.69. The van der Waals surface area contributed by atoms with Crippen molar-refractivity contribution in [3.63, 3.8) is 0 Å². The Hall–Kier alpha value is -3.65. The van der Waals surface area contributed by atoms with Gasteiger partial charge in [0.25, 0.3) is 0 Å². The number of methoxy groups -OCH3 is 1. The van der Waals surface area contributed by atoms with Crippen molar-refractivity contribution in [3.8, 4) is 17.1 Å². The predicted octanol–water partition coefficient (Wildman–Crippen LogP) is 10.6. The van der Waals surface area contributed by atoms with E-state index in [2.05, 4.69) is 90.7 Å². The Kier molecular flexibility index (Phi) is 13.1. The summed E-state index contributed by atoms with van der Waals surface area (Å²) in [5, 5.41) is 9.39. The second kappa shape index (κ2) is 17.0. The van der Waals surface area contributed by atoms with E-state index in [0.717, 1.165) is 68.1 Å². The molecule has 0 fully saturated rings. The minimum absolute atomic E-state index is 0.288. The largest absolute Gasteiger partial charge is 0.496 e. The number of aryl methyl sites for hydroxylation is 2. The van der Waals surface area contributed by atoms with Gasteiger partial charge in [0.2, 0.25) is 0 Å². The van der Waals surface area contributed by atoms with Gasteiger partial charge in [-0.2, -0.15) is 0 Å². The van der Waals surface area contributed by atoms with E-state index in [1.807, 2.05) is 30.4 Å². The smallest absolute Gasteiger partial charge is 0.308 e. The second-order valence-corrected chi connectivity index (χ2v) is 13.3. The van der Waals surface area contributed by atoms with Crippen LogP contribution in [0.2, 0.25) is 5.02 Å². The molecule has 1 unspecified atom stereocenters. The first-order valence-electron chi connectivity index (χ1n) is 15.9. The van der Waals surface area contributed by atoms with Gasteiger partial charge < -0.3 is 19.1 Å². The van der Waals surface area contributed by atoms with E-state index in [-0.39, 0.29) is 6.61 Å². The summed E-state index contributed by atoms with van der Waals surface area (Å²) in [4.78, 5) is 15.6. The topological polar surface area (TPSA) is 73.6 Å². The number of ether oxygens (including phenoxy) is 2. The first kappa shape index (κ1) is 36.2. The van der Waals surface area contributed by atoms with E-state index in [4.69, 9.17) is 31.2 Å². The maximum absolute atomic E-state index is 10.5. The van der Waals surface area contributed by atoms with E-state index in [0.29, 0.717) is 13.2 Å². The average Bonchev–Trinajstić information content (AvgIpc) is 3.40. The summed E-state index contributed by atoms with van der Waals surface area (Å²) in [5.74, 6) is 0.412. The second-order valence-electron chi connectivity index (χ2n) is 12.0. The highest BCUT2D eigenvalue weighted by Crippen LogP contribution is 2.36. The number of allylic oxidation sites excluding steroid dienone is 5. The lowest BCUT2D eigenvalue weighted by atomic mass is 10.0. The minimum atomic E-state index is -0.803.